The number of halogens is 1. The minimum Gasteiger partial charge on any atom is -0.497 e. The maximum Gasteiger partial charge on any atom is 0.314 e. The van der Waals surface area contributed by atoms with Gasteiger partial charge in [0.25, 0.3) is 11.8 Å². The smallest absolute Gasteiger partial charge is 0.314 e. The van der Waals surface area contributed by atoms with E-state index in [0.717, 1.165) is 66.9 Å². The molecule has 47 heavy (non-hydrogen) atoms. The first-order valence-electron chi connectivity index (χ1n) is 15.8. The average molecular weight is 684 g/mol. The van der Waals surface area contributed by atoms with Gasteiger partial charge in [0, 0.05) is 40.8 Å². The third-order valence-electron chi connectivity index (χ3n) is 8.31. The van der Waals surface area contributed by atoms with Crippen molar-refractivity contribution in [2.24, 2.45) is 0 Å². The maximum atomic E-state index is 13.6. The van der Waals surface area contributed by atoms with Gasteiger partial charge in [-0.15, -0.1) is 4.37 Å². The SMILES string of the molecule is CCCCCCOc1nsnc1C1=CCC[N+](C)(COC(=O)Cc2c(C)n(C(=O)c3ccc(Cl)cc3)c3ccc(OC)cc23)C1.CO. The van der Waals surface area contributed by atoms with Crippen LogP contribution < -0.4 is 9.47 Å². The molecule has 0 radical (unpaired) electrons. The van der Waals surface area contributed by atoms with Gasteiger partial charge in [-0.25, -0.2) is 0 Å². The number of likely N-dealkylation sites (N-methyl/N-ethyl adjacent to an activating group) is 1. The second kappa shape index (κ2) is 16.9. The number of aliphatic hydroxyl groups is 1. The van der Waals surface area contributed by atoms with Crippen molar-refractivity contribution >= 4 is 51.7 Å². The summed E-state index contributed by atoms with van der Waals surface area (Å²) in [7, 11) is 4.67. The number of unbranched alkanes of at least 4 members (excludes halogenated alkanes) is 3. The number of hydrogen-bond donors (Lipinski definition) is 1. The molecule has 0 saturated heterocycles. The Morgan fingerprint density at radius 1 is 1.09 bits per heavy atom. The number of aromatic nitrogens is 3. The van der Waals surface area contributed by atoms with Crippen LogP contribution in [0.15, 0.2) is 48.5 Å². The summed E-state index contributed by atoms with van der Waals surface area (Å²) >= 11 is 7.21. The average Bonchev–Trinajstić information content (AvgIpc) is 3.66. The van der Waals surface area contributed by atoms with Gasteiger partial charge in [0.2, 0.25) is 6.73 Å². The predicted octanol–water partition coefficient (Wildman–Crippen LogP) is 6.70. The van der Waals surface area contributed by atoms with E-state index in [-0.39, 0.29) is 25.0 Å². The number of fused-ring (bicyclic) bond motifs is 1. The van der Waals surface area contributed by atoms with E-state index in [1.807, 2.05) is 25.1 Å². The molecule has 0 spiro atoms. The van der Waals surface area contributed by atoms with Crippen LogP contribution in [-0.4, -0.2) is 82.5 Å². The van der Waals surface area contributed by atoms with Gasteiger partial charge in [0.05, 0.1) is 51.0 Å². The maximum absolute atomic E-state index is 13.6. The number of nitrogens with zero attached hydrogens (tertiary/aromatic N) is 4. The molecule has 2 aromatic heterocycles. The van der Waals surface area contributed by atoms with Gasteiger partial charge < -0.3 is 19.3 Å². The highest BCUT2D eigenvalue weighted by atomic mass is 35.5. The highest BCUT2D eigenvalue weighted by molar-refractivity contribution is 6.99. The number of aliphatic hydroxyl groups excluding tert-OH is 1. The van der Waals surface area contributed by atoms with Crippen LogP contribution in [0.5, 0.6) is 11.6 Å². The van der Waals surface area contributed by atoms with Gasteiger partial charge in [-0.05, 0) is 61.4 Å². The van der Waals surface area contributed by atoms with Crippen LogP contribution in [-0.2, 0) is 16.0 Å². The largest absolute Gasteiger partial charge is 0.497 e. The fourth-order valence-corrected chi connectivity index (χ4v) is 6.43. The highest BCUT2D eigenvalue weighted by Gasteiger charge is 2.32. The molecule has 1 unspecified atom stereocenters. The second-order valence-electron chi connectivity index (χ2n) is 11.8. The summed E-state index contributed by atoms with van der Waals surface area (Å²) in [6.07, 6.45) is 7.54. The third kappa shape index (κ3) is 8.78. The van der Waals surface area contributed by atoms with E-state index in [0.29, 0.717) is 51.1 Å². The molecule has 3 heterocycles. The summed E-state index contributed by atoms with van der Waals surface area (Å²) in [5, 5.41) is 8.32. The zero-order valence-corrected chi connectivity index (χ0v) is 29.3. The molecule has 4 aromatic rings. The van der Waals surface area contributed by atoms with Crippen molar-refractivity contribution in [2.45, 2.75) is 52.4 Å². The zero-order chi connectivity index (χ0) is 34.0. The fourth-order valence-electron chi connectivity index (χ4n) is 5.78. The van der Waals surface area contributed by atoms with Crippen molar-refractivity contribution in [3.05, 3.63) is 76.1 Å². The first kappa shape index (κ1) is 36.1. The number of hydrogen-bond acceptors (Lipinski definition) is 9. The van der Waals surface area contributed by atoms with Crippen LogP contribution in [0, 0.1) is 6.92 Å². The molecule has 0 aliphatic carbocycles. The number of methoxy groups -OCH3 is 1. The number of carbonyl (C=O) groups excluding carboxylic acids is 2. The van der Waals surface area contributed by atoms with Gasteiger partial charge >= 0.3 is 5.97 Å². The van der Waals surface area contributed by atoms with E-state index in [9.17, 15) is 9.59 Å². The van der Waals surface area contributed by atoms with Gasteiger partial charge in [-0.3, -0.25) is 18.6 Å². The van der Waals surface area contributed by atoms with Crippen molar-refractivity contribution in [3.8, 4) is 11.6 Å². The Balaban J connectivity index is 0.00000245. The fraction of sp³-hybridized carbons (Fsp3) is 0.429. The number of benzene rings is 2. The first-order valence-corrected chi connectivity index (χ1v) is 16.9. The normalized spacial score (nSPS) is 15.9. The van der Waals surface area contributed by atoms with Crippen LogP contribution in [0.4, 0.5) is 0 Å². The summed E-state index contributed by atoms with van der Waals surface area (Å²) in [4.78, 5) is 27.0. The molecule has 252 valence electrons. The lowest BCUT2D eigenvalue weighted by Gasteiger charge is -2.36. The summed E-state index contributed by atoms with van der Waals surface area (Å²) < 4.78 is 28.5. The number of quaternary nitrogens is 1. The molecule has 0 saturated carbocycles. The van der Waals surface area contributed by atoms with Gasteiger partial charge in [0.15, 0.2) is 0 Å². The zero-order valence-electron chi connectivity index (χ0n) is 27.8. The minimum absolute atomic E-state index is 0.0190. The quantitative estimate of drug-likeness (QED) is 0.0942. The lowest BCUT2D eigenvalue weighted by molar-refractivity contribution is -0.919. The number of esters is 1. The molecule has 0 amide bonds. The summed E-state index contributed by atoms with van der Waals surface area (Å²) in [5.41, 5.74) is 4.44. The topological polar surface area (TPSA) is 113 Å². The summed E-state index contributed by atoms with van der Waals surface area (Å²) in [6.45, 7) is 6.36. The Kier molecular flexibility index (Phi) is 12.9. The predicted molar refractivity (Wildman–Crippen MR) is 185 cm³/mol. The molecule has 10 nitrogen and oxygen atoms in total. The molecule has 5 rings (SSSR count). The Labute approximate surface area is 285 Å². The number of rotatable bonds is 13. The lowest BCUT2D eigenvalue weighted by atomic mass is 10.1. The van der Waals surface area contributed by atoms with Gasteiger partial charge in [-0.2, -0.15) is 4.37 Å². The van der Waals surface area contributed by atoms with E-state index in [1.165, 1.54) is 12.8 Å². The standard InChI is InChI=1S/C34H40ClN4O5S.CH4O/c1-5-6-7-8-18-43-33-32(36-45-37-33)25-10-9-17-39(3,21-25)22-44-31(40)20-28-23(2)38(30-16-15-27(42-4)19-29(28)30)34(41)24-11-13-26(35)14-12-24;1-2/h10-16,19H,5-9,17-18,20-22H2,1-4H3;2H,1H3/q+1;. The van der Waals surface area contributed by atoms with Crippen LogP contribution in [0.25, 0.3) is 16.5 Å². The van der Waals surface area contributed by atoms with E-state index in [1.54, 1.807) is 35.9 Å². The molecule has 12 heteroatoms. The van der Waals surface area contributed by atoms with Gasteiger partial charge in [-0.1, -0.05) is 43.9 Å². The van der Waals surface area contributed by atoms with Crippen molar-refractivity contribution in [2.75, 3.05) is 47.7 Å². The first-order chi connectivity index (χ1) is 22.7. The molecular weight excluding hydrogens is 640 g/mol. The van der Waals surface area contributed by atoms with Crippen LogP contribution in [0.3, 0.4) is 0 Å². The van der Waals surface area contributed by atoms with E-state index >= 15 is 0 Å². The van der Waals surface area contributed by atoms with E-state index in [4.69, 9.17) is 30.9 Å². The number of carbonyl (C=O) groups is 2. The second-order valence-corrected chi connectivity index (χ2v) is 12.7. The van der Waals surface area contributed by atoms with Crippen LogP contribution in [0.2, 0.25) is 5.02 Å². The molecule has 1 atom stereocenters. The molecule has 0 fully saturated rings. The molecule has 1 aliphatic heterocycles. The molecule has 1 aliphatic rings. The lowest BCUT2D eigenvalue weighted by Crippen LogP contribution is -2.49. The minimum atomic E-state index is -0.360. The van der Waals surface area contributed by atoms with E-state index in [2.05, 4.69) is 28.8 Å². The Hall–Kier alpha value is -3.77. The van der Waals surface area contributed by atoms with Crippen molar-refractivity contribution in [1.29, 1.82) is 0 Å². The summed E-state index contributed by atoms with van der Waals surface area (Å²) in [5.74, 6) is 0.662. The highest BCUT2D eigenvalue weighted by Crippen LogP contribution is 2.32. The Morgan fingerprint density at radius 2 is 1.85 bits per heavy atom. The Bertz CT molecular complexity index is 1700. The molecule has 2 aromatic carbocycles. The third-order valence-corrected chi connectivity index (χ3v) is 9.07. The molecule has 0 bridgehead atoms. The Morgan fingerprint density at radius 3 is 2.57 bits per heavy atom. The van der Waals surface area contributed by atoms with Gasteiger partial charge in [0.1, 0.15) is 18.0 Å². The van der Waals surface area contributed by atoms with Crippen LogP contribution >= 0.6 is 23.3 Å². The summed E-state index contributed by atoms with van der Waals surface area (Å²) in [6, 6.07) is 12.3. The monoisotopic (exact) mass is 683 g/mol. The van der Waals surface area contributed by atoms with Crippen LogP contribution in [0.1, 0.15) is 66.3 Å². The van der Waals surface area contributed by atoms with E-state index < -0.39 is 0 Å². The van der Waals surface area contributed by atoms with Crippen molar-refractivity contribution in [1.82, 2.24) is 13.3 Å². The number of ether oxygens (including phenoxy) is 3. The van der Waals surface area contributed by atoms with Crippen molar-refractivity contribution in [3.63, 3.8) is 0 Å². The molecule has 1 N–H and O–H groups in total. The molecular formula is C35H44ClN4O6S+. The van der Waals surface area contributed by atoms with Crippen molar-refractivity contribution < 1.29 is 33.4 Å².